The van der Waals surface area contributed by atoms with E-state index < -0.39 is 0 Å². The van der Waals surface area contributed by atoms with Crippen LogP contribution in [0, 0.1) is 5.92 Å². The first-order valence-corrected chi connectivity index (χ1v) is 10.5. The summed E-state index contributed by atoms with van der Waals surface area (Å²) in [6, 6.07) is 7.89. The lowest BCUT2D eigenvalue weighted by Gasteiger charge is -2.32. The van der Waals surface area contributed by atoms with E-state index in [1.165, 1.54) is 0 Å². The van der Waals surface area contributed by atoms with Gasteiger partial charge in [-0.25, -0.2) is 4.98 Å². The lowest BCUT2D eigenvalue weighted by atomic mass is 9.97. The van der Waals surface area contributed by atoms with Crippen LogP contribution in [-0.2, 0) is 6.54 Å². The number of para-hydroxylation sites is 2. The van der Waals surface area contributed by atoms with Gasteiger partial charge in [-0.3, -0.25) is 9.88 Å². The van der Waals surface area contributed by atoms with Crippen LogP contribution in [0.3, 0.4) is 0 Å². The zero-order valence-corrected chi connectivity index (χ0v) is 18.1. The third-order valence-electron chi connectivity index (χ3n) is 4.84. The van der Waals surface area contributed by atoms with Crippen LogP contribution >= 0.6 is 0 Å². The van der Waals surface area contributed by atoms with Crippen LogP contribution < -0.4 is 14.2 Å². The molecule has 1 aromatic heterocycles. The van der Waals surface area contributed by atoms with Crippen LogP contribution in [0.4, 0.5) is 0 Å². The average Bonchev–Trinajstić information content (AvgIpc) is 2.69. The van der Waals surface area contributed by atoms with Crippen LogP contribution in [0.2, 0.25) is 0 Å². The molecule has 158 valence electrons. The van der Waals surface area contributed by atoms with E-state index in [1.54, 1.807) is 12.4 Å². The minimum atomic E-state index is -0.285. The molecule has 1 aliphatic rings. The van der Waals surface area contributed by atoms with Crippen molar-refractivity contribution in [1.82, 2.24) is 14.9 Å². The van der Waals surface area contributed by atoms with Crippen LogP contribution in [0.5, 0.6) is 17.4 Å². The number of piperidine rings is 1. The third-order valence-corrected chi connectivity index (χ3v) is 4.84. The van der Waals surface area contributed by atoms with E-state index >= 15 is 0 Å². The van der Waals surface area contributed by atoms with E-state index in [0.717, 1.165) is 56.3 Å². The van der Waals surface area contributed by atoms with E-state index in [1.807, 2.05) is 52.0 Å². The lowest BCUT2D eigenvalue weighted by molar-refractivity contribution is 0.112. The van der Waals surface area contributed by atoms with Crippen molar-refractivity contribution in [2.24, 2.45) is 5.92 Å². The Bertz CT molecular complexity index is 768. The van der Waals surface area contributed by atoms with E-state index in [9.17, 15) is 0 Å². The minimum Gasteiger partial charge on any atom is -0.490 e. The summed E-state index contributed by atoms with van der Waals surface area (Å²) in [6.45, 7) is 12.2. The van der Waals surface area contributed by atoms with Gasteiger partial charge in [0.2, 0.25) is 5.88 Å². The largest absolute Gasteiger partial charge is 0.490 e. The second kappa shape index (κ2) is 9.92. The predicted octanol–water partition coefficient (Wildman–Crippen LogP) is 4.34. The molecule has 3 rings (SSSR count). The molecule has 0 atom stereocenters. The number of benzene rings is 1. The maximum atomic E-state index is 6.07. The molecule has 1 saturated heterocycles. The number of nitrogens with zero attached hydrogens (tertiary/aromatic N) is 3. The number of ether oxygens (including phenoxy) is 3. The molecule has 0 radical (unpaired) electrons. The van der Waals surface area contributed by atoms with Crippen LogP contribution in [0.25, 0.3) is 0 Å². The first-order chi connectivity index (χ1) is 13.9. The summed E-state index contributed by atoms with van der Waals surface area (Å²) in [7, 11) is 0. The Morgan fingerprint density at radius 2 is 1.66 bits per heavy atom. The van der Waals surface area contributed by atoms with Crippen molar-refractivity contribution in [3.05, 3.63) is 42.4 Å². The van der Waals surface area contributed by atoms with Gasteiger partial charge in [-0.1, -0.05) is 12.1 Å². The highest BCUT2D eigenvalue weighted by Gasteiger charge is 2.23. The topological polar surface area (TPSA) is 56.7 Å². The van der Waals surface area contributed by atoms with Crippen molar-refractivity contribution in [3.63, 3.8) is 0 Å². The van der Waals surface area contributed by atoms with E-state index in [-0.39, 0.29) is 5.60 Å². The SMILES string of the molecule is CCOc1ccccc1OCC1CCN(Cc2nccnc2OC(C)(C)C)CC1. The van der Waals surface area contributed by atoms with Gasteiger partial charge in [0.15, 0.2) is 11.5 Å². The van der Waals surface area contributed by atoms with Gasteiger partial charge in [-0.05, 0) is 71.7 Å². The summed E-state index contributed by atoms with van der Waals surface area (Å²) < 4.78 is 17.7. The molecule has 6 heteroatoms. The molecular weight excluding hydrogens is 366 g/mol. The standard InChI is InChI=1S/C23H33N3O3/c1-5-27-20-8-6-7-9-21(20)28-17-18-10-14-26(15-11-18)16-19-22(25-13-12-24-19)29-23(2,3)4/h6-9,12-13,18H,5,10-11,14-17H2,1-4H3. The molecule has 0 N–H and O–H groups in total. The van der Waals surface area contributed by atoms with Crippen LogP contribution in [-0.4, -0.2) is 46.8 Å². The molecule has 0 bridgehead atoms. The summed E-state index contributed by atoms with van der Waals surface area (Å²) in [5.41, 5.74) is 0.621. The number of hydrogen-bond acceptors (Lipinski definition) is 6. The van der Waals surface area contributed by atoms with Gasteiger partial charge < -0.3 is 14.2 Å². The second-order valence-electron chi connectivity index (χ2n) is 8.43. The molecule has 0 spiro atoms. The Balaban J connectivity index is 1.49. The highest BCUT2D eigenvalue weighted by atomic mass is 16.5. The van der Waals surface area contributed by atoms with Gasteiger partial charge in [0.05, 0.1) is 13.2 Å². The quantitative estimate of drug-likeness (QED) is 0.658. The van der Waals surface area contributed by atoms with Crippen molar-refractivity contribution < 1.29 is 14.2 Å². The first kappa shape index (κ1) is 21.4. The summed E-state index contributed by atoms with van der Waals surface area (Å²) in [5, 5.41) is 0. The number of hydrogen-bond donors (Lipinski definition) is 0. The Labute approximate surface area is 174 Å². The smallest absolute Gasteiger partial charge is 0.237 e. The average molecular weight is 400 g/mol. The molecule has 0 amide bonds. The van der Waals surface area contributed by atoms with Gasteiger partial charge in [0.1, 0.15) is 11.3 Å². The molecule has 1 aliphatic heterocycles. The van der Waals surface area contributed by atoms with E-state index in [4.69, 9.17) is 14.2 Å². The predicted molar refractivity (Wildman–Crippen MR) is 114 cm³/mol. The summed E-state index contributed by atoms with van der Waals surface area (Å²) in [5.74, 6) is 2.84. The highest BCUT2D eigenvalue weighted by molar-refractivity contribution is 5.39. The molecule has 2 aromatic rings. The molecular formula is C23H33N3O3. The molecule has 1 fully saturated rings. The number of aromatic nitrogens is 2. The molecule has 2 heterocycles. The van der Waals surface area contributed by atoms with Crippen molar-refractivity contribution in [3.8, 4) is 17.4 Å². The van der Waals surface area contributed by atoms with E-state index in [2.05, 4.69) is 14.9 Å². The fourth-order valence-corrected chi connectivity index (χ4v) is 3.41. The van der Waals surface area contributed by atoms with Gasteiger partial charge in [-0.15, -0.1) is 0 Å². The normalized spacial score (nSPS) is 15.9. The van der Waals surface area contributed by atoms with Gasteiger partial charge in [-0.2, -0.15) is 0 Å². The first-order valence-electron chi connectivity index (χ1n) is 10.5. The molecule has 0 saturated carbocycles. The molecule has 29 heavy (non-hydrogen) atoms. The van der Waals surface area contributed by atoms with Gasteiger partial charge in [0.25, 0.3) is 0 Å². The number of rotatable bonds is 8. The highest BCUT2D eigenvalue weighted by Crippen LogP contribution is 2.28. The Morgan fingerprint density at radius 3 is 2.31 bits per heavy atom. The monoisotopic (exact) mass is 399 g/mol. The van der Waals surface area contributed by atoms with Crippen molar-refractivity contribution >= 4 is 0 Å². The van der Waals surface area contributed by atoms with Gasteiger partial charge in [0, 0.05) is 18.9 Å². The fourth-order valence-electron chi connectivity index (χ4n) is 3.41. The summed E-state index contributed by atoms with van der Waals surface area (Å²) >= 11 is 0. The summed E-state index contributed by atoms with van der Waals surface area (Å²) in [6.07, 6.45) is 5.63. The van der Waals surface area contributed by atoms with Crippen LogP contribution in [0.1, 0.15) is 46.2 Å². The maximum absolute atomic E-state index is 6.07. The zero-order valence-electron chi connectivity index (χ0n) is 18.1. The third kappa shape index (κ3) is 6.60. The van der Waals surface area contributed by atoms with Crippen molar-refractivity contribution in [1.29, 1.82) is 0 Å². The molecule has 0 aliphatic carbocycles. The summed E-state index contributed by atoms with van der Waals surface area (Å²) in [4.78, 5) is 11.3. The Morgan fingerprint density at radius 1 is 1.00 bits per heavy atom. The number of likely N-dealkylation sites (tertiary alicyclic amines) is 1. The zero-order chi connectivity index (χ0) is 20.7. The van der Waals surface area contributed by atoms with Gasteiger partial charge >= 0.3 is 0 Å². The van der Waals surface area contributed by atoms with Crippen LogP contribution in [0.15, 0.2) is 36.7 Å². The van der Waals surface area contributed by atoms with Crippen molar-refractivity contribution in [2.45, 2.75) is 52.7 Å². The second-order valence-corrected chi connectivity index (χ2v) is 8.43. The Hall–Kier alpha value is -2.34. The molecule has 6 nitrogen and oxygen atoms in total. The van der Waals surface area contributed by atoms with Crippen molar-refractivity contribution in [2.75, 3.05) is 26.3 Å². The lowest BCUT2D eigenvalue weighted by Crippen LogP contribution is -2.35. The Kier molecular flexibility index (Phi) is 7.31. The molecule has 1 aromatic carbocycles. The minimum absolute atomic E-state index is 0.285. The maximum Gasteiger partial charge on any atom is 0.237 e. The fraction of sp³-hybridized carbons (Fsp3) is 0.565. The van der Waals surface area contributed by atoms with E-state index in [0.29, 0.717) is 18.4 Å². The molecule has 0 unspecified atom stereocenters.